The predicted molar refractivity (Wildman–Crippen MR) is 105 cm³/mol. The highest BCUT2D eigenvalue weighted by Crippen LogP contribution is 2.26. The normalized spacial score (nSPS) is 20.4. The molecule has 2 aliphatic heterocycles. The number of hydrogen-bond donors (Lipinski definition) is 0. The minimum absolute atomic E-state index is 0.196. The van der Waals surface area contributed by atoms with Crippen LogP contribution in [0.5, 0.6) is 0 Å². The summed E-state index contributed by atoms with van der Waals surface area (Å²) in [4.78, 5) is 16.9. The lowest BCUT2D eigenvalue weighted by Crippen LogP contribution is -2.40. The number of rotatable bonds is 6. The average molecular weight is 390 g/mol. The molecule has 0 aromatic carbocycles. The summed E-state index contributed by atoms with van der Waals surface area (Å²) in [5.41, 5.74) is 0. The Morgan fingerprint density at radius 3 is 2.85 bits per heavy atom. The number of nitrogens with zero attached hydrogens (tertiary/aromatic N) is 5. The topological polar surface area (TPSA) is 67.4 Å². The zero-order valence-electron chi connectivity index (χ0n) is 15.8. The lowest BCUT2D eigenvalue weighted by atomic mass is 10.0. The number of aromatic nitrogens is 3. The zero-order chi connectivity index (χ0) is 18.6. The van der Waals surface area contributed by atoms with Crippen molar-refractivity contribution in [3.05, 3.63) is 24.2 Å². The second-order valence-corrected chi connectivity index (χ2v) is 8.46. The number of anilines is 1. The molecule has 0 N–H and O–H groups in total. The van der Waals surface area contributed by atoms with E-state index in [2.05, 4.69) is 26.6 Å². The van der Waals surface area contributed by atoms with E-state index in [0.29, 0.717) is 18.2 Å². The van der Waals surface area contributed by atoms with Gasteiger partial charge in [0.25, 0.3) is 0 Å². The maximum atomic E-state index is 12.6. The van der Waals surface area contributed by atoms with E-state index in [1.807, 2.05) is 17.0 Å². The third kappa shape index (κ3) is 4.31. The smallest absolute Gasteiger partial charge is 0.233 e. The van der Waals surface area contributed by atoms with Crippen LogP contribution in [0.2, 0.25) is 0 Å². The Morgan fingerprint density at radius 1 is 1.26 bits per heavy atom. The Morgan fingerprint density at radius 2 is 2.11 bits per heavy atom. The van der Waals surface area contributed by atoms with Gasteiger partial charge in [-0.15, -0.1) is 10.2 Å². The van der Waals surface area contributed by atoms with Gasteiger partial charge in [0.05, 0.1) is 18.6 Å². The minimum Gasteiger partial charge on any atom is -0.467 e. The van der Waals surface area contributed by atoms with Crippen LogP contribution in [0.15, 0.2) is 28.0 Å². The van der Waals surface area contributed by atoms with Crippen molar-refractivity contribution in [3.63, 3.8) is 0 Å². The Hall–Kier alpha value is -1.96. The number of likely N-dealkylation sites (tertiary alicyclic amines) is 1. The molecule has 2 fully saturated rings. The van der Waals surface area contributed by atoms with E-state index in [0.717, 1.165) is 49.5 Å². The maximum Gasteiger partial charge on any atom is 0.233 e. The summed E-state index contributed by atoms with van der Waals surface area (Å²) in [6, 6.07) is 3.85. The van der Waals surface area contributed by atoms with Gasteiger partial charge in [0, 0.05) is 26.2 Å². The van der Waals surface area contributed by atoms with E-state index in [1.165, 1.54) is 31.0 Å². The fourth-order valence-electron chi connectivity index (χ4n) is 3.87. The number of amides is 1. The third-order valence-corrected chi connectivity index (χ3v) is 6.27. The zero-order valence-corrected chi connectivity index (χ0v) is 16.7. The maximum absolute atomic E-state index is 12.6. The van der Waals surface area contributed by atoms with Gasteiger partial charge in [0.1, 0.15) is 5.76 Å². The lowest BCUT2D eigenvalue weighted by Gasteiger charge is -2.30. The highest BCUT2D eigenvalue weighted by molar-refractivity contribution is 7.99. The molecule has 0 spiro atoms. The van der Waals surface area contributed by atoms with Crippen LogP contribution in [0, 0.1) is 5.92 Å². The molecule has 1 unspecified atom stereocenters. The standard InChI is InChI=1S/C19H27N5O2S/c1-15-6-4-10-23(12-15)17(25)14-27-19-21-20-18(22-8-2-3-9-22)24(19)13-16-7-5-11-26-16/h5,7,11,15H,2-4,6,8-10,12-14H2,1H3. The van der Waals surface area contributed by atoms with Crippen molar-refractivity contribution < 1.29 is 9.21 Å². The van der Waals surface area contributed by atoms with Crippen LogP contribution in [-0.2, 0) is 11.3 Å². The van der Waals surface area contributed by atoms with Crippen LogP contribution < -0.4 is 4.90 Å². The van der Waals surface area contributed by atoms with Crippen LogP contribution in [0.25, 0.3) is 0 Å². The van der Waals surface area contributed by atoms with Crippen LogP contribution in [-0.4, -0.2) is 57.5 Å². The largest absolute Gasteiger partial charge is 0.467 e. The van der Waals surface area contributed by atoms with E-state index in [1.54, 1.807) is 6.26 Å². The molecule has 2 saturated heterocycles. The molecule has 1 amide bonds. The summed E-state index contributed by atoms with van der Waals surface area (Å²) in [6.07, 6.45) is 6.37. The van der Waals surface area contributed by atoms with Crippen molar-refractivity contribution in [2.75, 3.05) is 36.8 Å². The van der Waals surface area contributed by atoms with Gasteiger partial charge in [-0.1, -0.05) is 18.7 Å². The SMILES string of the molecule is CC1CCCN(C(=O)CSc2nnc(N3CCCC3)n2Cc2ccco2)C1. The predicted octanol–water partition coefficient (Wildman–Crippen LogP) is 2.87. The van der Waals surface area contributed by atoms with Crippen LogP contribution >= 0.6 is 11.8 Å². The number of carbonyl (C=O) groups excluding carboxylic acids is 1. The second-order valence-electron chi connectivity index (χ2n) is 7.52. The number of thioether (sulfide) groups is 1. The molecule has 8 heteroatoms. The summed E-state index contributed by atoms with van der Waals surface area (Å²) >= 11 is 1.48. The summed E-state index contributed by atoms with van der Waals surface area (Å²) < 4.78 is 7.62. The van der Waals surface area contributed by atoms with E-state index in [-0.39, 0.29) is 5.91 Å². The average Bonchev–Trinajstić information content (AvgIpc) is 3.42. The number of furan rings is 1. The third-order valence-electron chi connectivity index (χ3n) is 5.31. The molecule has 0 bridgehead atoms. The van der Waals surface area contributed by atoms with Crippen molar-refractivity contribution in [2.45, 2.75) is 44.3 Å². The van der Waals surface area contributed by atoms with Crippen molar-refractivity contribution in [2.24, 2.45) is 5.92 Å². The van der Waals surface area contributed by atoms with Gasteiger partial charge in [-0.3, -0.25) is 9.36 Å². The van der Waals surface area contributed by atoms with Crippen LogP contribution in [0.1, 0.15) is 38.4 Å². The van der Waals surface area contributed by atoms with E-state index < -0.39 is 0 Å². The monoisotopic (exact) mass is 389 g/mol. The van der Waals surface area contributed by atoms with Gasteiger partial charge in [-0.2, -0.15) is 0 Å². The van der Waals surface area contributed by atoms with Crippen molar-refractivity contribution in [1.29, 1.82) is 0 Å². The number of carbonyl (C=O) groups is 1. The molecular weight excluding hydrogens is 362 g/mol. The summed E-state index contributed by atoms with van der Waals surface area (Å²) in [6.45, 7) is 6.56. The second kappa shape index (κ2) is 8.37. The fraction of sp³-hybridized carbons (Fsp3) is 0.632. The molecule has 2 aliphatic rings. The lowest BCUT2D eigenvalue weighted by molar-refractivity contribution is -0.130. The first-order chi connectivity index (χ1) is 13.2. The molecule has 4 rings (SSSR count). The van der Waals surface area contributed by atoms with Crippen molar-refractivity contribution >= 4 is 23.6 Å². The van der Waals surface area contributed by atoms with Gasteiger partial charge >= 0.3 is 0 Å². The minimum atomic E-state index is 0.196. The quantitative estimate of drug-likeness (QED) is 0.708. The molecule has 1 atom stereocenters. The van der Waals surface area contributed by atoms with Crippen LogP contribution in [0.3, 0.4) is 0 Å². The Kier molecular flexibility index (Phi) is 5.71. The summed E-state index contributed by atoms with van der Waals surface area (Å²) in [5, 5.41) is 9.61. The first-order valence-corrected chi connectivity index (χ1v) is 10.8. The first kappa shape index (κ1) is 18.4. The summed E-state index contributed by atoms with van der Waals surface area (Å²) in [5.74, 6) is 2.95. The first-order valence-electron chi connectivity index (χ1n) is 9.82. The molecule has 7 nitrogen and oxygen atoms in total. The van der Waals surface area contributed by atoms with Gasteiger partial charge in [-0.05, 0) is 43.7 Å². The number of piperidine rings is 1. The number of hydrogen-bond acceptors (Lipinski definition) is 6. The molecule has 2 aromatic rings. The van der Waals surface area contributed by atoms with Crippen LogP contribution in [0.4, 0.5) is 5.95 Å². The van der Waals surface area contributed by atoms with Gasteiger partial charge < -0.3 is 14.2 Å². The van der Waals surface area contributed by atoms with E-state index in [9.17, 15) is 4.79 Å². The van der Waals surface area contributed by atoms with E-state index >= 15 is 0 Å². The molecule has 27 heavy (non-hydrogen) atoms. The Bertz CT molecular complexity index is 754. The molecule has 0 saturated carbocycles. The van der Waals surface area contributed by atoms with Crippen molar-refractivity contribution in [1.82, 2.24) is 19.7 Å². The molecule has 2 aromatic heterocycles. The molecule has 4 heterocycles. The summed E-state index contributed by atoms with van der Waals surface area (Å²) in [7, 11) is 0. The van der Waals surface area contributed by atoms with Gasteiger partial charge in [0.2, 0.25) is 11.9 Å². The van der Waals surface area contributed by atoms with Gasteiger partial charge in [-0.25, -0.2) is 0 Å². The Labute approximate surface area is 164 Å². The fourth-order valence-corrected chi connectivity index (χ4v) is 4.70. The van der Waals surface area contributed by atoms with Gasteiger partial charge in [0.15, 0.2) is 5.16 Å². The highest BCUT2D eigenvalue weighted by atomic mass is 32.2. The van der Waals surface area contributed by atoms with E-state index in [4.69, 9.17) is 4.42 Å². The highest BCUT2D eigenvalue weighted by Gasteiger charge is 2.24. The molecule has 146 valence electrons. The molecule has 0 radical (unpaired) electrons. The molecular formula is C19H27N5O2S. The Balaban J connectivity index is 1.47. The van der Waals surface area contributed by atoms with Crippen molar-refractivity contribution in [3.8, 4) is 0 Å². The molecule has 0 aliphatic carbocycles.